The molecule has 0 amide bonds. The summed E-state index contributed by atoms with van der Waals surface area (Å²) in [6.07, 6.45) is 4.98. The maximum Gasteiger partial charge on any atom is 0.132 e. The lowest BCUT2D eigenvalue weighted by Gasteiger charge is -2.10. The highest BCUT2D eigenvalue weighted by atomic mass is 14.3. The highest BCUT2D eigenvalue weighted by molar-refractivity contribution is 5.46. The van der Waals surface area contributed by atoms with Crippen molar-refractivity contribution in [2.24, 2.45) is 0 Å². The van der Waals surface area contributed by atoms with Gasteiger partial charge >= 0.3 is 0 Å². The second-order valence-corrected chi connectivity index (χ2v) is 2.97. The fourth-order valence-electron chi connectivity index (χ4n) is 1.37. The molecule has 0 spiro atoms. The molecule has 0 aromatic rings. The lowest BCUT2D eigenvalue weighted by atomic mass is 9.93. The largest absolute Gasteiger partial charge is 0.192 e. The number of nitriles is 2. The summed E-state index contributed by atoms with van der Waals surface area (Å²) in [5.41, 5.74) is 2.44. The van der Waals surface area contributed by atoms with Gasteiger partial charge in [-0.2, -0.15) is 10.5 Å². The van der Waals surface area contributed by atoms with Crippen LogP contribution in [0.1, 0.15) is 26.2 Å². The molecule has 0 fully saturated rings. The minimum Gasteiger partial charge on any atom is -0.192 e. The maximum absolute atomic E-state index is 8.60. The molecule has 1 rings (SSSR count). The van der Waals surface area contributed by atoms with Gasteiger partial charge in [-0.05, 0) is 31.8 Å². The van der Waals surface area contributed by atoms with Crippen LogP contribution in [-0.2, 0) is 0 Å². The Morgan fingerprint density at radius 3 is 2.50 bits per heavy atom. The van der Waals surface area contributed by atoms with Crippen molar-refractivity contribution in [3.05, 3.63) is 22.8 Å². The van der Waals surface area contributed by atoms with Crippen molar-refractivity contribution in [2.75, 3.05) is 0 Å². The fourth-order valence-corrected chi connectivity index (χ4v) is 1.37. The summed E-state index contributed by atoms with van der Waals surface area (Å²) in [6, 6.07) is 3.83. The van der Waals surface area contributed by atoms with Crippen LogP contribution >= 0.6 is 0 Å². The lowest BCUT2D eigenvalue weighted by molar-refractivity contribution is 0.782. The summed E-state index contributed by atoms with van der Waals surface area (Å²) in [4.78, 5) is 0. The average Bonchev–Trinajstić information content (AvgIpc) is 2.07. The van der Waals surface area contributed by atoms with Crippen LogP contribution < -0.4 is 0 Å². The summed E-state index contributed by atoms with van der Waals surface area (Å²) >= 11 is 0. The molecule has 2 heteroatoms. The molecule has 0 radical (unpaired) electrons. The third kappa shape index (κ3) is 1.74. The lowest BCUT2D eigenvalue weighted by Crippen LogP contribution is -1.94. The van der Waals surface area contributed by atoms with Gasteiger partial charge in [-0.1, -0.05) is 11.6 Å². The Labute approximate surface area is 72.4 Å². The van der Waals surface area contributed by atoms with Gasteiger partial charge in [0.15, 0.2) is 0 Å². The molecule has 0 saturated heterocycles. The maximum atomic E-state index is 8.60. The second-order valence-electron chi connectivity index (χ2n) is 2.97. The zero-order valence-electron chi connectivity index (χ0n) is 7.09. The monoisotopic (exact) mass is 158 g/mol. The van der Waals surface area contributed by atoms with Crippen molar-refractivity contribution >= 4 is 0 Å². The number of allylic oxidation sites excluding steroid dienone is 4. The molecule has 12 heavy (non-hydrogen) atoms. The number of hydrogen-bond acceptors (Lipinski definition) is 2. The van der Waals surface area contributed by atoms with Gasteiger partial charge in [0.1, 0.15) is 17.7 Å². The predicted octanol–water partition coefficient (Wildman–Crippen LogP) is 2.46. The van der Waals surface area contributed by atoms with Crippen LogP contribution in [0, 0.1) is 22.7 Å². The molecule has 60 valence electrons. The molecular formula is C10H10N2. The van der Waals surface area contributed by atoms with Crippen LogP contribution in [0.3, 0.4) is 0 Å². The third-order valence-corrected chi connectivity index (χ3v) is 1.98. The van der Waals surface area contributed by atoms with E-state index in [1.807, 2.05) is 25.1 Å². The molecule has 0 unspecified atom stereocenters. The topological polar surface area (TPSA) is 47.6 Å². The molecule has 0 N–H and O–H groups in total. The Balaban J connectivity index is 3.04. The van der Waals surface area contributed by atoms with Crippen molar-refractivity contribution in [3.63, 3.8) is 0 Å². The molecule has 0 aromatic carbocycles. The third-order valence-electron chi connectivity index (χ3n) is 1.98. The van der Waals surface area contributed by atoms with Gasteiger partial charge in [-0.3, -0.25) is 0 Å². The van der Waals surface area contributed by atoms with Crippen LogP contribution in [0.25, 0.3) is 0 Å². The Kier molecular flexibility index (Phi) is 2.66. The Morgan fingerprint density at radius 2 is 2.00 bits per heavy atom. The Hall–Kier alpha value is -1.54. The van der Waals surface area contributed by atoms with Crippen molar-refractivity contribution < 1.29 is 0 Å². The molecule has 0 heterocycles. The minimum absolute atomic E-state index is 0.272. The Bertz CT molecular complexity index is 305. The van der Waals surface area contributed by atoms with E-state index in [1.165, 1.54) is 5.57 Å². The molecule has 0 bridgehead atoms. The van der Waals surface area contributed by atoms with Crippen LogP contribution in [0.5, 0.6) is 0 Å². The highest BCUT2D eigenvalue weighted by Crippen LogP contribution is 2.23. The van der Waals surface area contributed by atoms with Crippen LogP contribution in [0.2, 0.25) is 0 Å². The summed E-state index contributed by atoms with van der Waals surface area (Å²) < 4.78 is 0. The van der Waals surface area contributed by atoms with E-state index in [2.05, 4.69) is 0 Å². The van der Waals surface area contributed by atoms with Crippen LogP contribution in [0.15, 0.2) is 22.8 Å². The van der Waals surface area contributed by atoms with Crippen molar-refractivity contribution in [1.82, 2.24) is 0 Å². The molecule has 1 aliphatic carbocycles. The number of nitrogens with zero attached hydrogens (tertiary/aromatic N) is 2. The predicted molar refractivity (Wildman–Crippen MR) is 45.9 cm³/mol. The van der Waals surface area contributed by atoms with Crippen molar-refractivity contribution in [3.8, 4) is 12.1 Å². The van der Waals surface area contributed by atoms with E-state index >= 15 is 0 Å². The standard InChI is InChI=1S/C10H10N2/c1-8-3-2-4-9(5-8)10(6-11)7-12/h5H,2-4H2,1H3. The van der Waals surface area contributed by atoms with Crippen LogP contribution in [-0.4, -0.2) is 0 Å². The quantitative estimate of drug-likeness (QED) is 0.508. The zero-order chi connectivity index (χ0) is 8.97. The van der Waals surface area contributed by atoms with E-state index in [0.717, 1.165) is 24.8 Å². The van der Waals surface area contributed by atoms with E-state index in [1.54, 1.807) is 0 Å². The summed E-state index contributed by atoms with van der Waals surface area (Å²) in [5, 5.41) is 17.2. The number of hydrogen-bond donors (Lipinski definition) is 0. The van der Waals surface area contributed by atoms with Gasteiger partial charge in [-0.15, -0.1) is 0 Å². The molecule has 0 atom stereocenters. The van der Waals surface area contributed by atoms with Gasteiger partial charge in [-0.25, -0.2) is 0 Å². The van der Waals surface area contributed by atoms with Gasteiger partial charge in [0.05, 0.1) is 0 Å². The van der Waals surface area contributed by atoms with E-state index < -0.39 is 0 Å². The molecule has 0 saturated carbocycles. The highest BCUT2D eigenvalue weighted by Gasteiger charge is 2.08. The zero-order valence-corrected chi connectivity index (χ0v) is 7.09. The van der Waals surface area contributed by atoms with Gasteiger partial charge in [0, 0.05) is 0 Å². The number of rotatable bonds is 0. The first-order valence-corrected chi connectivity index (χ1v) is 3.98. The normalized spacial score (nSPS) is 15.9. The van der Waals surface area contributed by atoms with E-state index in [0.29, 0.717) is 0 Å². The molecule has 1 aliphatic rings. The van der Waals surface area contributed by atoms with Gasteiger partial charge in [0.2, 0.25) is 0 Å². The first-order chi connectivity index (χ1) is 5.77. The van der Waals surface area contributed by atoms with E-state index in [4.69, 9.17) is 10.5 Å². The van der Waals surface area contributed by atoms with Crippen LogP contribution in [0.4, 0.5) is 0 Å². The summed E-state index contributed by atoms with van der Waals surface area (Å²) in [7, 11) is 0. The minimum atomic E-state index is 0.272. The van der Waals surface area contributed by atoms with Crippen molar-refractivity contribution in [2.45, 2.75) is 26.2 Å². The summed E-state index contributed by atoms with van der Waals surface area (Å²) in [5.74, 6) is 0. The molecular weight excluding hydrogens is 148 g/mol. The summed E-state index contributed by atoms with van der Waals surface area (Å²) in [6.45, 7) is 2.03. The Morgan fingerprint density at radius 1 is 1.33 bits per heavy atom. The van der Waals surface area contributed by atoms with E-state index in [-0.39, 0.29) is 5.57 Å². The first-order valence-electron chi connectivity index (χ1n) is 3.98. The molecule has 0 aromatic heterocycles. The average molecular weight is 158 g/mol. The first kappa shape index (κ1) is 8.56. The molecule has 2 nitrogen and oxygen atoms in total. The van der Waals surface area contributed by atoms with Gasteiger partial charge in [0.25, 0.3) is 0 Å². The fraction of sp³-hybridized carbons (Fsp3) is 0.400. The SMILES string of the molecule is CC1=CC(=C(C#N)C#N)CCC1. The smallest absolute Gasteiger partial charge is 0.132 e. The molecule has 0 aliphatic heterocycles. The van der Waals surface area contributed by atoms with Crippen molar-refractivity contribution in [1.29, 1.82) is 10.5 Å². The van der Waals surface area contributed by atoms with E-state index in [9.17, 15) is 0 Å². The second kappa shape index (κ2) is 3.74. The van der Waals surface area contributed by atoms with Gasteiger partial charge < -0.3 is 0 Å².